The molecule has 1 rings (SSSR count). The monoisotopic (exact) mass is 378 g/mol. The number of thioether (sulfide) groups is 1. The topological polar surface area (TPSA) is 0 Å². The second-order valence-corrected chi connectivity index (χ2v) is 7.76. The zero-order valence-electron chi connectivity index (χ0n) is 15.1. The Balaban J connectivity index is 2.19. The van der Waals surface area contributed by atoms with Gasteiger partial charge in [-0.15, -0.1) is 0 Å². The highest BCUT2D eigenvalue weighted by Gasteiger charge is 2.56. The van der Waals surface area contributed by atoms with Crippen molar-refractivity contribution in [2.75, 3.05) is 0 Å². The summed E-state index contributed by atoms with van der Waals surface area (Å²) in [6, 6.07) is 7.66. The van der Waals surface area contributed by atoms with E-state index in [1.807, 2.05) is 0 Å². The van der Waals surface area contributed by atoms with Crippen LogP contribution in [-0.4, -0.2) is 11.2 Å². The third-order valence-corrected chi connectivity index (χ3v) is 5.32. The molecule has 0 radical (unpaired) electrons. The van der Waals surface area contributed by atoms with Gasteiger partial charge in [-0.25, -0.2) is 0 Å². The van der Waals surface area contributed by atoms with Crippen LogP contribution in [0, 0.1) is 0 Å². The van der Waals surface area contributed by atoms with Crippen LogP contribution in [0.15, 0.2) is 35.2 Å². The molecule has 0 saturated heterocycles. The molecular weight excluding hydrogens is 348 g/mol. The van der Waals surface area contributed by atoms with E-state index in [1.165, 1.54) is 44.2 Å². The quantitative estimate of drug-likeness (QED) is 0.178. The number of hydrogen-bond acceptors (Lipinski definition) is 1. The molecule has 0 saturated carbocycles. The van der Waals surface area contributed by atoms with Crippen molar-refractivity contribution in [2.45, 2.75) is 93.6 Å². The van der Waals surface area contributed by atoms with E-state index >= 15 is 0 Å². The lowest BCUT2D eigenvalue weighted by molar-refractivity contribution is -0.156. The van der Waals surface area contributed by atoms with E-state index in [9.17, 15) is 17.6 Å². The van der Waals surface area contributed by atoms with Gasteiger partial charge in [0.2, 0.25) is 0 Å². The molecule has 0 amide bonds. The van der Waals surface area contributed by atoms with Gasteiger partial charge in [0.15, 0.2) is 0 Å². The minimum absolute atomic E-state index is 0.0492. The number of unbranched alkanes of at least 4 members (excludes halogenated alkanes) is 9. The van der Waals surface area contributed by atoms with Crippen LogP contribution in [0.3, 0.4) is 0 Å². The molecule has 0 aromatic heterocycles. The molecule has 0 heterocycles. The molecule has 5 heteroatoms. The fourth-order valence-electron chi connectivity index (χ4n) is 2.69. The van der Waals surface area contributed by atoms with E-state index in [2.05, 4.69) is 6.92 Å². The third-order valence-electron chi connectivity index (χ3n) is 4.26. The third kappa shape index (κ3) is 8.98. The van der Waals surface area contributed by atoms with Gasteiger partial charge in [-0.05, 0) is 30.3 Å². The van der Waals surface area contributed by atoms with Gasteiger partial charge >= 0.3 is 11.2 Å². The van der Waals surface area contributed by atoms with Crippen LogP contribution in [0.2, 0.25) is 0 Å². The van der Waals surface area contributed by atoms with Crippen LogP contribution < -0.4 is 0 Å². The zero-order chi connectivity index (χ0) is 18.6. The number of hydrogen-bond donors (Lipinski definition) is 0. The van der Waals surface area contributed by atoms with Gasteiger partial charge in [-0.3, -0.25) is 0 Å². The largest absolute Gasteiger partial charge is 0.360 e. The van der Waals surface area contributed by atoms with Crippen molar-refractivity contribution >= 4 is 11.8 Å². The predicted molar refractivity (Wildman–Crippen MR) is 98.7 cm³/mol. The predicted octanol–water partition coefficient (Wildman–Crippen LogP) is 8.32. The van der Waals surface area contributed by atoms with Crippen LogP contribution in [0.5, 0.6) is 0 Å². The van der Waals surface area contributed by atoms with Crippen molar-refractivity contribution in [3.63, 3.8) is 0 Å². The van der Waals surface area contributed by atoms with Crippen LogP contribution in [0.1, 0.15) is 77.6 Å². The Morgan fingerprint density at radius 3 is 1.72 bits per heavy atom. The normalized spacial score (nSPS) is 12.5. The number of halogens is 4. The second-order valence-electron chi connectivity index (χ2n) is 6.57. The molecular formula is C20H30F4S. The first kappa shape index (κ1) is 22.3. The highest BCUT2D eigenvalue weighted by molar-refractivity contribution is 8.00. The molecule has 0 unspecified atom stereocenters. The number of benzene rings is 1. The van der Waals surface area contributed by atoms with Gasteiger partial charge in [-0.2, -0.15) is 17.6 Å². The molecule has 0 atom stereocenters. The number of rotatable bonds is 14. The SMILES string of the molecule is CCCCCCCCCCCCC(F)(F)C(F)(F)Sc1ccccc1. The van der Waals surface area contributed by atoms with Crippen LogP contribution in [-0.2, 0) is 0 Å². The van der Waals surface area contributed by atoms with Gasteiger partial charge in [0.05, 0.1) is 0 Å². The summed E-state index contributed by atoms with van der Waals surface area (Å²) in [5.74, 6) is -3.98. The van der Waals surface area contributed by atoms with Crippen molar-refractivity contribution in [1.29, 1.82) is 0 Å². The Labute approximate surface area is 153 Å². The fraction of sp³-hybridized carbons (Fsp3) is 0.700. The lowest BCUT2D eigenvalue weighted by Gasteiger charge is -2.25. The Bertz CT molecular complexity index is 448. The fourth-order valence-corrected chi connectivity index (χ4v) is 3.53. The summed E-state index contributed by atoms with van der Waals surface area (Å²) < 4.78 is 55.5. The Hall–Kier alpha value is -0.710. The molecule has 0 bridgehead atoms. The minimum Gasteiger partial charge on any atom is -0.199 e. The first-order chi connectivity index (χ1) is 11.9. The zero-order valence-corrected chi connectivity index (χ0v) is 15.9. The Kier molecular flexibility index (Phi) is 10.6. The van der Waals surface area contributed by atoms with Crippen LogP contribution in [0.25, 0.3) is 0 Å². The van der Waals surface area contributed by atoms with E-state index in [0.717, 1.165) is 19.3 Å². The van der Waals surface area contributed by atoms with E-state index < -0.39 is 17.6 Å². The standard InChI is InChI=1S/C20H30F4S/c1-2-3-4-5-6-7-8-9-10-14-17-19(21,22)20(23,24)25-18-15-12-11-13-16-18/h11-13,15-16H,2-10,14,17H2,1H3. The average Bonchev–Trinajstić information content (AvgIpc) is 2.57. The molecule has 1 aromatic rings. The molecule has 144 valence electrons. The molecule has 25 heavy (non-hydrogen) atoms. The smallest absolute Gasteiger partial charge is 0.199 e. The second kappa shape index (κ2) is 11.8. The van der Waals surface area contributed by atoms with E-state index in [-0.39, 0.29) is 23.1 Å². The summed E-state index contributed by atoms with van der Waals surface area (Å²) in [5.41, 5.74) is 0. The van der Waals surface area contributed by atoms with E-state index in [0.29, 0.717) is 6.42 Å². The summed E-state index contributed by atoms with van der Waals surface area (Å²) in [7, 11) is 0. The minimum atomic E-state index is -4.08. The molecule has 0 N–H and O–H groups in total. The molecule has 0 fully saturated rings. The van der Waals surface area contributed by atoms with Crippen molar-refractivity contribution in [3.8, 4) is 0 Å². The highest BCUT2D eigenvalue weighted by Crippen LogP contribution is 2.48. The highest BCUT2D eigenvalue weighted by atomic mass is 32.2. The lowest BCUT2D eigenvalue weighted by Crippen LogP contribution is -2.37. The summed E-state index contributed by atoms with van der Waals surface area (Å²) in [5, 5.41) is -4.08. The summed E-state index contributed by atoms with van der Waals surface area (Å²) in [6.45, 7) is 2.18. The maximum atomic E-state index is 13.9. The first-order valence-corrected chi connectivity index (χ1v) is 10.2. The van der Waals surface area contributed by atoms with Crippen molar-refractivity contribution in [1.82, 2.24) is 0 Å². The van der Waals surface area contributed by atoms with Gasteiger partial charge in [0, 0.05) is 11.3 Å². The summed E-state index contributed by atoms with van der Waals surface area (Å²) in [6.07, 6.45) is 9.12. The Morgan fingerprint density at radius 1 is 0.720 bits per heavy atom. The molecule has 0 aliphatic heterocycles. The molecule has 1 aromatic carbocycles. The summed E-state index contributed by atoms with van der Waals surface area (Å²) in [4.78, 5) is 0.162. The van der Waals surface area contributed by atoms with E-state index in [1.54, 1.807) is 18.2 Å². The van der Waals surface area contributed by atoms with Crippen molar-refractivity contribution in [3.05, 3.63) is 30.3 Å². The first-order valence-electron chi connectivity index (χ1n) is 9.39. The van der Waals surface area contributed by atoms with Gasteiger partial charge in [0.25, 0.3) is 0 Å². The van der Waals surface area contributed by atoms with Gasteiger partial charge in [0.1, 0.15) is 0 Å². The average molecular weight is 379 g/mol. The van der Waals surface area contributed by atoms with Crippen molar-refractivity contribution < 1.29 is 17.6 Å². The Morgan fingerprint density at radius 2 is 1.20 bits per heavy atom. The molecule has 0 nitrogen and oxygen atoms in total. The van der Waals surface area contributed by atoms with E-state index in [4.69, 9.17) is 0 Å². The van der Waals surface area contributed by atoms with Gasteiger partial charge < -0.3 is 0 Å². The molecule has 0 spiro atoms. The van der Waals surface area contributed by atoms with Crippen LogP contribution >= 0.6 is 11.8 Å². The molecule has 0 aliphatic carbocycles. The van der Waals surface area contributed by atoms with Crippen LogP contribution in [0.4, 0.5) is 17.6 Å². The van der Waals surface area contributed by atoms with Gasteiger partial charge in [-0.1, -0.05) is 82.9 Å². The maximum Gasteiger partial charge on any atom is 0.360 e. The molecule has 0 aliphatic rings. The maximum absolute atomic E-state index is 13.9. The number of alkyl halides is 4. The van der Waals surface area contributed by atoms with Crippen molar-refractivity contribution in [2.24, 2.45) is 0 Å². The summed E-state index contributed by atoms with van der Waals surface area (Å²) >= 11 is -0.0492. The lowest BCUT2D eigenvalue weighted by atomic mass is 10.0.